The van der Waals surface area contributed by atoms with Crippen molar-refractivity contribution in [3.63, 3.8) is 0 Å². The summed E-state index contributed by atoms with van der Waals surface area (Å²) >= 11 is 0. The number of fused-ring (bicyclic) bond motifs is 1. The molecule has 0 N–H and O–H groups in total. The summed E-state index contributed by atoms with van der Waals surface area (Å²) in [7, 11) is 0. The summed E-state index contributed by atoms with van der Waals surface area (Å²) < 4.78 is 5.50. The average Bonchev–Trinajstić information content (AvgIpc) is 2.39. The molecular formula is C15H10O. The Hall–Kier alpha value is -2.15. The molecule has 0 unspecified atom stereocenters. The van der Waals surface area contributed by atoms with E-state index in [1.807, 2.05) is 48.5 Å². The zero-order valence-corrected chi connectivity index (χ0v) is 8.68. The minimum atomic E-state index is 0.874. The van der Waals surface area contributed by atoms with Crippen LogP contribution in [-0.2, 0) is 0 Å². The van der Waals surface area contributed by atoms with E-state index in [0.29, 0.717) is 0 Å². The second kappa shape index (κ2) is 3.78. The summed E-state index contributed by atoms with van der Waals surface area (Å²) in [6, 6.07) is 20.1. The van der Waals surface area contributed by atoms with Gasteiger partial charge >= 0.3 is 0 Å². The molecule has 3 aromatic rings. The molecule has 3 rings (SSSR count). The van der Waals surface area contributed by atoms with Gasteiger partial charge in [0.05, 0.1) is 0 Å². The maximum atomic E-state index is 5.50. The zero-order chi connectivity index (χ0) is 10.8. The fraction of sp³-hybridized carbons (Fsp3) is 0. The number of benzene rings is 2. The van der Waals surface area contributed by atoms with Gasteiger partial charge in [0.15, 0.2) is 0 Å². The van der Waals surface area contributed by atoms with Gasteiger partial charge in [-0.1, -0.05) is 54.6 Å². The maximum absolute atomic E-state index is 5.50. The molecule has 1 heteroatoms. The van der Waals surface area contributed by atoms with Crippen LogP contribution in [0.1, 0.15) is 0 Å². The highest BCUT2D eigenvalue weighted by atomic mass is 16.3. The van der Waals surface area contributed by atoms with Crippen LogP contribution >= 0.6 is 0 Å². The Morgan fingerprint density at radius 3 is 2.44 bits per heavy atom. The monoisotopic (exact) mass is 206 g/mol. The molecule has 0 spiro atoms. The highest BCUT2D eigenvalue weighted by molar-refractivity contribution is 5.93. The van der Waals surface area contributed by atoms with Crippen molar-refractivity contribution < 1.29 is 4.42 Å². The van der Waals surface area contributed by atoms with E-state index < -0.39 is 0 Å². The van der Waals surface area contributed by atoms with Crippen LogP contribution in [-0.4, -0.2) is 0 Å². The van der Waals surface area contributed by atoms with Gasteiger partial charge in [0.1, 0.15) is 0 Å². The van der Waals surface area contributed by atoms with Crippen LogP contribution in [0.5, 0.6) is 0 Å². The van der Waals surface area contributed by atoms with E-state index in [9.17, 15) is 0 Å². The number of rotatable bonds is 1. The third-order valence-electron chi connectivity index (χ3n) is 2.62. The van der Waals surface area contributed by atoms with Crippen LogP contribution in [0.4, 0.5) is 0 Å². The predicted molar refractivity (Wildman–Crippen MR) is 64.9 cm³/mol. The highest BCUT2D eigenvalue weighted by Crippen LogP contribution is 2.27. The molecule has 16 heavy (non-hydrogen) atoms. The maximum Gasteiger partial charge on any atom is 0.287 e. The zero-order valence-electron chi connectivity index (χ0n) is 8.68. The molecule has 1 aromatic heterocycles. The molecular weight excluding hydrogens is 196 g/mol. The molecule has 0 bridgehead atoms. The van der Waals surface area contributed by atoms with Crippen molar-refractivity contribution in [1.29, 1.82) is 0 Å². The summed E-state index contributed by atoms with van der Waals surface area (Å²) in [5, 5.41) is 2.26. The van der Waals surface area contributed by atoms with Crippen LogP contribution in [0.2, 0.25) is 0 Å². The Morgan fingerprint density at radius 2 is 1.56 bits per heavy atom. The fourth-order valence-electron chi connectivity index (χ4n) is 1.84. The molecule has 0 saturated heterocycles. The molecule has 0 atom stereocenters. The van der Waals surface area contributed by atoms with Crippen molar-refractivity contribution in [2.75, 3.05) is 0 Å². The van der Waals surface area contributed by atoms with E-state index >= 15 is 0 Å². The lowest BCUT2D eigenvalue weighted by Gasteiger charge is -2.03. The average molecular weight is 206 g/mol. The first-order chi connectivity index (χ1) is 7.95. The molecule has 1 heterocycles. The fourth-order valence-corrected chi connectivity index (χ4v) is 1.84. The van der Waals surface area contributed by atoms with Crippen molar-refractivity contribution in [1.82, 2.24) is 0 Å². The molecule has 0 fully saturated rings. The number of hydrogen-bond donors (Lipinski definition) is 0. The van der Waals surface area contributed by atoms with Gasteiger partial charge < -0.3 is 4.42 Å². The lowest BCUT2D eigenvalue weighted by atomic mass is 10.1. The molecule has 0 radical (unpaired) electrons. The first kappa shape index (κ1) is 9.10. The van der Waals surface area contributed by atoms with Gasteiger partial charge in [-0.25, -0.2) is 0 Å². The van der Waals surface area contributed by atoms with E-state index in [1.54, 1.807) is 0 Å². The Kier molecular flexibility index (Phi) is 2.15. The van der Waals surface area contributed by atoms with Crippen molar-refractivity contribution in [3.8, 4) is 11.3 Å². The van der Waals surface area contributed by atoms with Crippen molar-refractivity contribution in [2.45, 2.75) is 0 Å². The Bertz CT molecular complexity index is 609. The lowest BCUT2D eigenvalue weighted by Crippen LogP contribution is -1.80. The standard InChI is InChI=1S/C15H10O/c1-2-7-13(8-3-1)15-14-9-5-4-6-12(14)10-11-16-15/h1-10H. The second-order valence-corrected chi connectivity index (χ2v) is 3.65. The molecule has 0 aliphatic rings. The normalized spacial score (nSPS) is 10.5. The van der Waals surface area contributed by atoms with Gasteiger partial charge in [-0.05, 0) is 5.39 Å². The predicted octanol–water partition coefficient (Wildman–Crippen LogP) is 4.18. The molecule has 0 amide bonds. The van der Waals surface area contributed by atoms with Gasteiger partial charge in [-0.15, -0.1) is 11.5 Å². The van der Waals surface area contributed by atoms with E-state index in [4.69, 9.17) is 4.42 Å². The van der Waals surface area contributed by atoms with Crippen molar-refractivity contribution in [2.24, 2.45) is 0 Å². The van der Waals surface area contributed by atoms with E-state index in [0.717, 1.165) is 22.1 Å². The van der Waals surface area contributed by atoms with E-state index in [-0.39, 0.29) is 0 Å². The minimum Gasteiger partial charge on any atom is -0.327 e. The molecule has 0 aliphatic carbocycles. The van der Waals surface area contributed by atoms with Crippen LogP contribution < -0.4 is 0 Å². The van der Waals surface area contributed by atoms with Gasteiger partial charge in [-0.2, -0.15) is 0 Å². The van der Waals surface area contributed by atoms with Crippen LogP contribution in [0.25, 0.3) is 22.1 Å². The van der Waals surface area contributed by atoms with Gasteiger partial charge in [0.2, 0.25) is 0 Å². The summed E-state index contributed by atoms with van der Waals surface area (Å²) in [6.45, 7) is 0. The van der Waals surface area contributed by atoms with Crippen LogP contribution in [0.15, 0.2) is 65.1 Å². The van der Waals surface area contributed by atoms with Gasteiger partial charge in [-0.3, -0.25) is 0 Å². The topological polar surface area (TPSA) is 11.3 Å². The molecule has 2 aromatic carbocycles. The Labute approximate surface area is 94.0 Å². The third kappa shape index (κ3) is 1.47. The van der Waals surface area contributed by atoms with Crippen LogP contribution in [0, 0.1) is 6.26 Å². The Balaban J connectivity index is 2.32. The summed E-state index contributed by atoms with van der Waals surface area (Å²) in [4.78, 5) is 0. The SMILES string of the molecule is [c-]1cc2ccccc2c(-c2ccccc2)[o+]1. The van der Waals surface area contributed by atoms with Crippen molar-refractivity contribution in [3.05, 3.63) is 66.9 Å². The molecule has 0 aliphatic heterocycles. The van der Waals surface area contributed by atoms with E-state index in [1.165, 1.54) is 0 Å². The van der Waals surface area contributed by atoms with Gasteiger partial charge in [0.25, 0.3) is 12.0 Å². The van der Waals surface area contributed by atoms with Crippen molar-refractivity contribution >= 4 is 10.8 Å². The molecule has 76 valence electrons. The first-order valence-electron chi connectivity index (χ1n) is 5.22. The minimum absolute atomic E-state index is 0.874. The second-order valence-electron chi connectivity index (χ2n) is 3.65. The lowest BCUT2D eigenvalue weighted by molar-refractivity contribution is 0.563. The quantitative estimate of drug-likeness (QED) is 0.429. The first-order valence-corrected chi connectivity index (χ1v) is 5.22. The number of hydrogen-bond acceptors (Lipinski definition) is 0. The molecule has 0 saturated carbocycles. The van der Waals surface area contributed by atoms with Crippen LogP contribution in [0.3, 0.4) is 0 Å². The van der Waals surface area contributed by atoms with E-state index in [2.05, 4.69) is 18.4 Å². The molecule has 1 nitrogen and oxygen atoms in total. The summed E-state index contributed by atoms with van der Waals surface area (Å²) in [5.41, 5.74) is 1.08. The van der Waals surface area contributed by atoms with Gasteiger partial charge in [0, 0.05) is 5.56 Å². The summed E-state index contributed by atoms with van der Waals surface area (Å²) in [6.07, 6.45) is 2.83. The highest BCUT2D eigenvalue weighted by Gasteiger charge is 2.06. The smallest absolute Gasteiger partial charge is 0.287 e. The third-order valence-corrected chi connectivity index (χ3v) is 2.62. The Morgan fingerprint density at radius 1 is 0.812 bits per heavy atom. The largest absolute Gasteiger partial charge is 0.327 e. The summed E-state index contributed by atoms with van der Waals surface area (Å²) in [5.74, 6) is 0.874.